The van der Waals surface area contributed by atoms with Gasteiger partial charge in [0, 0.05) is 12.7 Å². The molecular formula is C17H27NO2. The Labute approximate surface area is 122 Å². The summed E-state index contributed by atoms with van der Waals surface area (Å²) in [5.41, 5.74) is 2.20. The lowest BCUT2D eigenvalue weighted by Gasteiger charge is -2.15. The van der Waals surface area contributed by atoms with Crippen LogP contribution in [-0.4, -0.2) is 20.3 Å². The van der Waals surface area contributed by atoms with Crippen LogP contribution < -0.4 is 4.90 Å². The maximum absolute atomic E-state index is 11.4. The minimum absolute atomic E-state index is 0.339. The van der Waals surface area contributed by atoms with Crippen molar-refractivity contribution in [3.8, 4) is 0 Å². The van der Waals surface area contributed by atoms with E-state index in [2.05, 4.69) is 19.1 Å². The SMILES string of the molecule is CCCCCCCCc1ccc(N(C)C(=O)OC)cc1. The van der Waals surface area contributed by atoms with E-state index in [1.807, 2.05) is 12.1 Å². The highest BCUT2D eigenvalue weighted by Gasteiger charge is 2.09. The predicted octanol–water partition coefficient (Wildman–Crippen LogP) is 4.79. The second-order valence-corrected chi connectivity index (χ2v) is 5.21. The number of hydrogen-bond donors (Lipinski definition) is 0. The van der Waals surface area contributed by atoms with Crippen molar-refractivity contribution in [2.24, 2.45) is 0 Å². The van der Waals surface area contributed by atoms with E-state index in [0.29, 0.717) is 0 Å². The highest BCUT2D eigenvalue weighted by molar-refractivity contribution is 5.86. The Balaban J connectivity index is 2.33. The molecule has 1 rings (SSSR count). The Morgan fingerprint density at radius 3 is 2.25 bits per heavy atom. The smallest absolute Gasteiger partial charge is 0.413 e. The van der Waals surface area contributed by atoms with Crippen LogP contribution in [0.2, 0.25) is 0 Å². The first-order valence-corrected chi connectivity index (χ1v) is 7.59. The van der Waals surface area contributed by atoms with Gasteiger partial charge in [-0.25, -0.2) is 4.79 Å². The van der Waals surface area contributed by atoms with Crippen molar-refractivity contribution in [2.45, 2.75) is 51.9 Å². The monoisotopic (exact) mass is 277 g/mol. The summed E-state index contributed by atoms with van der Waals surface area (Å²) < 4.78 is 4.70. The second kappa shape index (κ2) is 9.40. The number of nitrogens with zero attached hydrogens (tertiary/aromatic N) is 1. The molecule has 1 aromatic rings. The molecule has 112 valence electrons. The van der Waals surface area contributed by atoms with Gasteiger partial charge in [-0.15, -0.1) is 0 Å². The van der Waals surface area contributed by atoms with Gasteiger partial charge in [0.25, 0.3) is 0 Å². The molecule has 0 spiro atoms. The Morgan fingerprint density at radius 1 is 1.05 bits per heavy atom. The maximum Gasteiger partial charge on any atom is 0.413 e. The third-order valence-corrected chi connectivity index (χ3v) is 3.59. The number of aryl methyl sites for hydroxylation is 1. The summed E-state index contributed by atoms with van der Waals surface area (Å²) in [6, 6.07) is 8.15. The summed E-state index contributed by atoms with van der Waals surface area (Å²) in [5.74, 6) is 0. The van der Waals surface area contributed by atoms with E-state index in [-0.39, 0.29) is 6.09 Å². The Morgan fingerprint density at radius 2 is 1.65 bits per heavy atom. The van der Waals surface area contributed by atoms with Gasteiger partial charge in [-0.2, -0.15) is 0 Å². The van der Waals surface area contributed by atoms with Crippen molar-refractivity contribution in [3.63, 3.8) is 0 Å². The zero-order valence-corrected chi connectivity index (χ0v) is 13.0. The van der Waals surface area contributed by atoms with E-state index < -0.39 is 0 Å². The normalized spacial score (nSPS) is 10.3. The van der Waals surface area contributed by atoms with Gasteiger partial charge in [0.05, 0.1) is 7.11 Å². The van der Waals surface area contributed by atoms with Crippen LogP contribution in [0.3, 0.4) is 0 Å². The molecule has 3 nitrogen and oxygen atoms in total. The molecule has 3 heteroatoms. The molecule has 20 heavy (non-hydrogen) atoms. The number of carbonyl (C=O) groups excluding carboxylic acids is 1. The van der Waals surface area contributed by atoms with E-state index in [4.69, 9.17) is 4.74 Å². The standard InChI is InChI=1S/C17H27NO2/c1-4-5-6-7-8-9-10-15-11-13-16(14-12-15)18(2)17(19)20-3/h11-14H,4-10H2,1-3H3. The van der Waals surface area contributed by atoms with E-state index in [1.165, 1.54) is 56.1 Å². The molecule has 0 saturated carbocycles. The molecule has 0 radical (unpaired) electrons. The van der Waals surface area contributed by atoms with Crippen LogP contribution in [0.4, 0.5) is 10.5 Å². The number of amides is 1. The summed E-state index contributed by atoms with van der Waals surface area (Å²) in [4.78, 5) is 12.9. The van der Waals surface area contributed by atoms with E-state index >= 15 is 0 Å². The molecule has 0 N–H and O–H groups in total. The third-order valence-electron chi connectivity index (χ3n) is 3.59. The number of unbranched alkanes of at least 4 members (excludes halogenated alkanes) is 5. The summed E-state index contributed by atoms with van der Waals surface area (Å²) in [7, 11) is 3.11. The third kappa shape index (κ3) is 5.64. The van der Waals surface area contributed by atoms with Crippen molar-refractivity contribution < 1.29 is 9.53 Å². The van der Waals surface area contributed by atoms with Crippen molar-refractivity contribution in [1.29, 1.82) is 0 Å². The van der Waals surface area contributed by atoms with E-state index in [0.717, 1.165) is 12.1 Å². The zero-order valence-electron chi connectivity index (χ0n) is 13.0. The lowest BCUT2D eigenvalue weighted by molar-refractivity contribution is 0.180. The van der Waals surface area contributed by atoms with Crippen LogP contribution in [0, 0.1) is 0 Å². The Kier molecular flexibility index (Phi) is 7.78. The van der Waals surface area contributed by atoms with Crippen molar-refractivity contribution in [3.05, 3.63) is 29.8 Å². The summed E-state index contributed by atoms with van der Waals surface area (Å²) in [6.07, 6.45) is 8.70. The fraction of sp³-hybridized carbons (Fsp3) is 0.588. The van der Waals surface area contributed by atoms with Crippen molar-refractivity contribution >= 4 is 11.8 Å². The van der Waals surface area contributed by atoms with E-state index in [1.54, 1.807) is 7.05 Å². The first-order valence-electron chi connectivity index (χ1n) is 7.59. The van der Waals surface area contributed by atoms with Crippen LogP contribution in [0.1, 0.15) is 51.0 Å². The van der Waals surface area contributed by atoms with Crippen LogP contribution in [0.25, 0.3) is 0 Å². The van der Waals surface area contributed by atoms with Crippen LogP contribution in [0.5, 0.6) is 0 Å². The quantitative estimate of drug-likeness (QED) is 0.639. The number of hydrogen-bond acceptors (Lipinski definition) is 2. The lowest BCUT2D eigenvalue weighted by Crippen LogP contribution is -2.25. The molecule has 0 bridgehead atoms. The summed E-state index contributed by atoms with van der Waals surface area (Å²) >= 11 is 0. The average Bonchev–Trinajstić information content (AvgIpc) is 2.50. The van der Waals surface area contributed by atoms with Gasteiger partial charge in [-0.1, -0.05) is 51.2 Å². The molecular weight excluding hydrogens is 250 g/mol. The largest absolute Gasteiger partial charge is 0.452 e. The van der Waals surface area contributed by atoms with Gasteiger partial charge in [-0.05, 0) is 30.5 Å². The molecule has 0 atom stereocenters. The lowest BCUT2D eigenvalue weighted by atomic mass is 10.0. The van der Waals surface area contributed by atoms with Crippen LogP contribution >= 0.6 is 0 Å². The fourth-order valence-corrected chi connectivity index (χ4v) is 2.24. The Bertz CT molecular complexity index is 386. The molecule has 0 unspecified atom stereocenters. The molecule has 0 heterocycles. The topological polar surface area (TPSA) is 29.5 Å². The summed E-state index contributed by atoms with van der Waals surface area (Å²) in [6.45, 7) is 2.24. The number of carbonyl (C=O) groups is 1. The summed E-state index contributed by atoms with van der Waals surface area (Å²) in [5, 5.41) is 0. The molecule has 0 saturated heterocycles. The minimum atomic E-state index is -0.339. The first kappa shape index (κ1) is 16.5. The van der Waals surface area contributed by atoms with E-state index in [9.17, 15) is 4.79 Å². The molecule has 1 aromatic carbocycles. The number of ether oxygens (including phenoxy) is 1. The van der Waals surface area contributed by atoms with Gasteiger partial charge in [0.1, 0.15) is 0 Å². The highest BCUT2D eigenvalue weighted by Crippen LogP contribution is 2.16. The average molecular weight is 277 g/mol. The van der Waals surface area contributed by atoms with Gasteiger partial charge in [0.15, 0.2) is 0 Å². The van der Waals surface area contributed by atoms with Gasteiger partial charge < -0.3 is 4.74 Å². The fourth-order valence-electron chi connectivity index (χ4n) is 2.24. The molecule has 0 aliphatic rings. The van der Waals surface area contributed by atoms with Crippen molar-refractivity contribution in [1.82, 2.24) is 0 Å². The molecule has 0 aliphatic carbocycles. The van der Waals surface area contributed by atoms with Crippen LogP contribution in [-0.2, 0) is 11.2 Å². The second-order valence-electron chi connectivity index (χ2n) is 5.21. The minimum Gasteiger partial charge on any atom is -0.452 e. The van der Waals surface area contributed by atoms with Gasteiger partial charge >= 0.3 is 6.09 Å². The molecule has 0 fully saturated rings. The number of benzene rings is 1. The molecule has 0 aliphatic heterocycles. The van der Waals surface area contributed by atoms with Gasteiger partial charge in [-0.3, -0.25) is 4.90 Å². The van der Waals surface area contributed by atoms with Crippen LogP contribution in [0.15, 0.2) is 24.3 Å². The maximum atomic E-state index is 11.4. The Hall–Kier alpha value is -1.51. The zero-order chi connectivity index (χ0) is 14.8. The predicted molar refractivity (Wildman–Crippen MR) is 84.3 cm³/mol. The molecule has 0 aromatic heterocycles. The highest BCUT2D eigenvalue weighted by atomic mass is 16.5. The van der Waals surface area contributed by atoms with Gasteiger partial charge in [0.2, 0.25) is 0 Å². The molecule has 1 amide bonds. The van der Waals surface area contributed by atoms with Crippen molar-refractivity contribution in [2.75, 3.05) is 19.1 Å². The number of rotatable bonds is 8. The number of anilines is 1. The number of methoxy groups -OCH3 is 1. The first-order chi connectivity index (χ1) is 9.69.